The Bertz CT molecular complexity index is 576. The molecule has 0 amide bonds. The van der Waals surface area contributed by atoms with Crippen LogP contribution < -0.4 is 0 Å². The number of halogens is 2. The molecule has 1 aromatic carbocycles. The van der Waals surface area contributed by atoms with Gasteiger partial charge in [-0.15, -0.1) is 0 Å². The van der Waals surface area contributed by atoms with E-state index < -0.39 is 0 Å². The fourth-order valence-electron chi connectivity index (χ4n) is 1.99. The summed E-state index contributed by atoms with van der Waals surface area (Å²) in [6.07, 6.45) is 2.34. The molecule has 0 aliphatic heterocycles. The van der Waals surface area contributed by atoms with E-state index in [4.69, 9.17) is 11.6 Å². The van der Waals surface area contributed by atoms with Gasteiger partial charge in [0.05, 0.1) is 15.9 Å². The molecule has 0 spiro atoms. The molecule has 0 bridgehead atoms. The maximum atomic E-state index is 13.7. The van der Waals surface area contributed by atoms with E-state index in [-0.39, 0.29) is 5.82 Å². The normalized spacial score (nSPS) is 15.7. The summed E-state index contributed by atoms with van der Waals surface area (Å²) in [6, 6.07) is 5.00. The standard InChI is InChI=1S/C13H11ClFN/c1-7-2-5-10(15)12-9(14)6-11(8-3-4-8)16-13(7)12/h2,5-6,8H,3-4H2,1H3. The predicted molar refractivity (Wildman–Crippen MR) is 63.4 cm³/mol. The van der Waals surface area contributed by atoms with Crippen molar-refractivity contribution in [1.82, 2.24) is 4.98 Å². The van der Waals surface area contributed by atoms with E-state index in [2.05, 4.69) is 4.98 Å². The molecule has 1 aliphatic carbocycles. The van der Waals surface area contributed by atoms with Crippen LogP contribution in [0.3, 0.4) is 0 Å². The van der Waals surface area contributed by atoms with Crippen LogP contribution in [0, 0.1) is 12.7 Å². The number of hydrogen-bond donors (Lipinski definition) is 0. The molecule has 1 heterocycles. The Morgan fingerprint density at radius 2 is 2.12 bits per heavy atom. The first-order valence-electron chi connectivity index (χ1n) is 5.42. The average molecular weight is 236 g/mol. The molecule has 82 valence electrons. The second-order valence-electron chi connectivity index (χ2n) is 4.39. The Morgan fingerprint density at radius 3 is 2.81 bits per heavy atom. The van der Waals surface area contributed by atoms with Crippen LogP contribution in [0.5, 0.6) is 0 Å². The highest BCUT2D eigenvalue weighted by molar-refractivity contribution is 6.35. The highest BCUT2D eigenvalue weighted by atomic mass is 35.5. The molecule has 3 heteroatoms. The van der Waals surface area contributed by atoms with Gasteiger partial charge in [0.15, 0.2) is 0 Å². The van der Waals surface area contributed by atoms with Crippen LogP contribution in [0.2, 0.25) is 5.02 Å². The number of fused-ring (bicyclic) bond motifs is 1. The van der Waals surface area contributed by atoms with Crippen LogP contribution in [-0.2, 0) is 0 Å². The van der Waals surface area contributed by atoms with Crippen LogP contribution in [0.15, 0.2) is 18.2 Å². The summed E-state index contributed by atoms with van der Waals surface area (Å²) < 4.78 is 13.7. The number of hydrogen-bond acceptors (Lipinski definition) is 1. The lowest BCUT2D eigenvalue weighted by Crippen LogP contribution is -1.93. The summed E-state index contributed by atoms with van der Waals surface area (Å²) in [6.45, 7) is 1.93. The molecule has 16 heavy (non-hydrogen) atoms. The van der Waals surface area contributed by atoms with E-state index in [0.717, 1.165) is 11.3 Å². The fourth-order valence-corrected chi connectivity index (χ4v) is 2.29. The van der Waals surface area contributed by atoms with Crippen molar-refractivity contribution in [2.75, 3.05) is 0 Å². The number of pyridine rings is 1. The lowest BCUT2D eigenvalue weighted by atomic mass is 10.1. The lowest BCUT2D eigenvalue weighted by Gasteiger charge is -2.07. The highest BCUT2D eigenvalue weighted by Gasteiger charge is 2.26. The highest BCUT2D eigenvalue weighted by Crippen LogP contribution is 2.41. The third kappa shape index (κ3) is 1.49. The summed E-state index contributed by atoms with van der Waals surface area (Å²) in [5, 5.41) is 0.930. The fraction of sp³-hybridized carbons (Fsp3) is 0.308. The van der Waals surface area contributed by atoms with Gasteiger partial charge in [0.25, 0.3) is 0 Å². The van der Waals surface area contributed by atoms with Gasteiger partial charge in [0.1, 0.15) is 5.82 Å². The minimum absolute atomic E-state index is 0.291. The molecule has 0 saturated heterocycles. The van der Waals surface area contributed by atoms with Gasteiger partial charge in [0.2, 0.25) is 0 Å². The Morgan fingerprint density at radius 1 is 1.38 bits per heavy atom. The number of benzene rings is 1. The summed E-state index contributed by atoms with van der Waals surface area (Å²) in [4.78, 5) is 4.53. The van der Waals surface area contributed by atoms with E-state index in [9.17, 15) is 4.39 Å². The molecule has 0 N–H and O–H groups in total. The molecule has 1 fully saturated rings. The van der Waals surface area contributed by atoms with E-state index in [1.807, 2.05) is 13.0 Å². The molecule has 0 atom stereocenters. The van der Waals surface area contributed by atoms with Crippen molar-refractivity contribution in [2.45, 2.75) is 25.7 Å². The molecule has 0 radical (unpaired) electrons. The molecule has 0 unspecified atom stereocenters. The van der Waals surface area contributed by atoms with Crippen LogP contribution in [0.25, 0.3) is 10.9 Å². The second kappa shape index (κ2) is 3.42. The Balaban J connectivity index is 2.36. The third-order valence-corrected chi connectivity index (χ3v) is 3.38. The first-order chi connectivity index (χ1) is 7.66. The minimum atomic E-state index is -0.291. The van der Waals surface area contributed by atoms with E-state index in [0.29, 0.717) is 21.8 Å². The zero-order valence-corrected chi connectivity index (χ0v) is 9.68. The Labute approximate surface area is 98.3 Å². The smallest absolute Gasteiger partial charge is 0.134 e. The molecule has 1 aromatic heterocycles. The summed E-state index contributed by atoms with van der Waals surface area (Å²) in [5.41, 5.74) is 2.68. The van der Waals surface area contributed by atoms with Crippen molar-refractivity contribution in [3.8, 4) is 0 Å². The van der Waals surface area contributed by atoms with Crippen molar-refractivity contribution in [1.29, 1.82) is 0 Å². The van der Waals surface area contributed by atoms with Crippen LogP contribution in [0.1, 0.15) is 30.0 Å². The SMILES string of the molecule is Cc1ccc(F)c2c(Cl)cc(C3CC3)nc12. The third-order valence-electron chi connectivity index (χ3n) is 3.08. The van der Waals surface area contributed by atoms with Crippen molar-refractivity contribution < 1.29 is 4.39 Å². The van der Waals surface area contributed by atoms with Gasteiger partial charge < -0.3 is 0 Å². The largest absolute Gasteiger partial charge is 0.252 e. The van der Waals surface area contributed by atoms with Crippen LogP contribution in [-0.4, -0.2) is 4.98 Å². The van der Waals surface area contributed by atoms with Gasteiger partial charge >= 0.3 is 0 Å². The lowest BCUT2D eigenvalue weighted by molar-refractivity contribution is 0.639. The number of aromatic nitrogens is 1. The maximum Gasteiger partial charge on any atom is 0.134 e. The van der Waals surface area contributed by atoms with Crippen LogP contribution in [0.4, 0.5) is 4.39 Å². The zero-order chi connectivity index (χ0) is 11.3. The van der Waals surface area contributed by atoms with E-state index >= 15 is 0 Å². The zero-order valence-electron chi connectivity index (χ0n) is 8.93. The number of rotatable bonds is 1. The average Bonchev–Trinajstić information content (AvgIpc) is 3.06. The molecule has 3 rings (SSSR count). The topological polar surface area (TPSA) is 12.9 Å². The molecule has 1 nitrogen and oxygen atoms in total. The van der Waals surface area contributed by atoms with Crippen molar-refractivity contribution in [3.63, 3.8) is 0 Å². The first-order valence-corrected chi connectivity index (χ1v) is 5.80. The molecule has 2 aromatic rings. The van der Waals surface area contributed by atoms with Gasteiger partial charge in [-0.2, -0.15) is 0 Å². The molecular weight excluding hydrogens is 225 g/mol. The molecular formula is C13H11ClFN. The van der Waals surface area contributed by atoms with Crippen molar-refractivity contribution >= 4 is 22.5 Å². The summed E-state index contributed by atoms with van der Waals surface area (Å²) in [7, 11) is 0. The van der Waals surface area contributed by atoms with Gasteiger partial charge in [-0.3, -0.25) is 4.98 Å². The second-order valence-corrected chi connectivity index (χ2v) is 4.80. The van der Waals surface area contributed by atoms with Crippen molar-refractivity contribution in [3.05, 3.63) is 40.3 Å². The first kappa shape index (κ1) is 10.0. The van der Waals surface area contributed by atoms with Gasteiger partial charge in [-0.25, -0.2) is 4.39 Å². The summed E-state index contributed by atoms with van der Waals surface area (Å²) in [5.74, 6) is 0.241. The monoisotopic (exact) mass is 235 g/mol. The minimum Gasteiger partial charge on any atom is -0.252 e. The Kier molecular flexibility index (Phi) is 2.15. The van der Waals surface area contributed by atoms with Gasteiger partial charge in [-0.05, 0) is 37.5 Å². The summed E-state index contributed by atoms with van der Waals surface area (Å²) >= 11 is 6.13. The van der Waals surface area contributed by atoms with E-state index in [1.165, 1.54) is 18.9 Å². The Hall–Kier alpha value is -1.15. The van der Waals surface area contributed by atoms with E-state index in [1.54, 1.807) is 6.07 Å². The quantitative estimate of drug-likeness (QED) is 0.722. The predicted octanol–water partition coefficient (Wildman–Crippen LogP) is 4.21. The number of aryl methyl sites for hydroxylation is 1. The van der Waals surface area contributed by atoms with Crippen molar-refractivity contribution in [2.24, 2.45) is 0 Å². The molecule has 1 saturated carbocycles. The number of nitrogens with zero attached hydrogens (tertiary/aromatic N) is 1. The van der Waals surface area contributed by atoms with Crippen LogP contribution >= 0.6 is 11.6 Å². The maximum absolute atomic E-state index is 13.7. The molecule has 1 aliphatic rings. The van der Waals surface area contributed by atoms with Gasteiger partial charge in [0, 0.05) is 11.6 Å². The van der Waals surface area contributed by atoms with Gasteiger partial charge in [-0.1, -0.05) is 17.7 Å².